The van der Waals surface area contributed by atoms with E-state index in [1.165, 1.54) is 18.2 Å². The first kappa shape index (κ1) is 37.5. The third kappa shape index (κ3) is 9.12. The molecular weight excluding hydrogens is 699 g/mol. The van der Waals surface area contributed by atoms with Crippen molar-refractivity contribution in [3.05, 3.63) is 162 Å². The standard InChI is InChI=1S/C37H29F4N6O4P/c1-3-19-49-52(50-20-4-2)51-36(25-47-26-44-45-46-47,33-17-14-31(38)21-34(33)39)37(40,41)35-18-13-29(23-43-35)8-5-27-11-15-32(16-12-27)48-24-30-9-6-28(22-42)7-10-30/h3-4,6-7,9-18,21,23,26H,1-2,19-20,24-25H2. The van der Waals surface area contributed by atoms with E-state index in [1.54, 1.807) is 36.4 Å². The molecule has 15 heteroatoms. The molecule has 3 aromatic carbocycles. The van der Waals surface area contributed by atoms with Crippen LogP contribution in [0.5, 0.6) is 5.75 Å². The Morgan fingerprint density at radius 3 is 2.13 bits per heavy atom. The monoisotopic (exact) mass is 728 g/mol. The van der Waals surface area contributed by atoms with Gasteiger partial charge < -0.3 is 13.8 Å². The molecule has 0 spiro atoms. The van der Waals surface area contributed by atoms with Gasteiger partial charge in [0.1, 0.15) is 36.0 Å². The Balaban J connectivity index is 1.44. The fraction of sp³-hybridized carbons (Fsp3) is 0.162. The molecule has 0 saturated carbocycles. The summed E-state index contributed by atoms with van der Waals surface area (Å²) in [6.45, 7) is 6.21. The Hall–Kier alpha value is -5.76. The fourth-order valence-electron chi connectivity index (χ4n) is 4.71. The minimum Gasteiger partial charge on any atom is -0.489 e. The summed E-state index contributed by atoms with van der Waals surface area (Å²) in [5, 5.41) is 19.7. The molecule has 2 aromatic heterocycles. The van der Waals surface area contributed by atoms with Crippen LogP contribution in [0, 0.1) is 34.8 Å². The highest BCUT2D eigenvalue weighted by Crippen LogP contribution is 2.57. The van der Waals surface area contributed by atoms with Gasteiger partial charge in [-0.3, -0.25) is 9.51 Å². The summed E-state index contributed by atoms with van der Waals surface area (Å²) in [6, 6.07) is 20.5. The van der Waals surface area contributed by atoms with E-state index in [2.05, 4.69) is 51.6 Å². The Labute approximate surface area is 297 Å². The predicted octanol–water partition coefficient (Wildman–Crippen LogP) is 7.53. The van der Waals surface area contributed by atoms with E-state index in [4.69, 9.17) is 23.6 Å². The number of tetrazole rings is 1. The van der Waals surface area contributed by atoms with Crippen molar-refractivity contribution >= 4 is 8.60 Å². The third-order valence-electron chi connectivity index (χ3n) is 7.25. The largest absolute Gasteiger partial charge is 0.489 e. The van der Waals surface area contributed by atoms with Gasteiger partial charge in [-0.05, 0) is 76.7 Å². The highest BCUT2D eigenvalue weighted by molar-refractivity contribution is 7.41. The SMILES string of the molecule is C=CCOP(OCC=C)OC(Cn1cnnn1)(c1ccc(F)cc1F)C(F)(F)c1ccc(C#Cc2ccc(OCc3ccc(C#N)cc3)cc2)cn1. The van der Waals surface area contributed by atoms with Crippen LogP contribution in [0.1, 0.15) is 33.5 Å². The molecule has 0 saturated heterocycles. The van der Waals surface area contributed by atoms with Crippen molar-refractivity contribution in [2.24, 2.45) is 0 Å². The van der Waals surface area contributed by atoms with Crippen molar-refractivity contribution in [2.45, 2.75) is 24.7 Å². The molecule has 52 heavy (non-hydrogen) atoms. The molecule has 0 aliphatic heterocycles. The number of aromatic nitrogens is 5. The molecule has 5 aromatic rings. The van der Waals surface area contributed by atoms with Gasteiger partial charge in [0, 0.05) is 29.0 Å². The first-order valence-electron chi connectivity index (χ1n) is 15.4. The molecule has 1 unspecified atom stereocenters. The topological polar surface area (TPSA) is 117 Å². The number of benzene rings is 3. The molecule has 0 radical (unpaired) electrons. The van der Waals surface area contributed by atoms with Gasteiger partial charge in [0.2, 0.25) is 0 Å². The number of rotatable bonds is 16. The number of ether oxygens (including phenoxy) is 1. The summed E-state index contributed by atoms with van der Waals surface area (Å²) in [5.41, 5.74) is -2.20. The summed E-state index contributed by atoms with van der Waals surface area (Å²) in [6.07, 6.45) is 4.86. The van der Waals surface area contributed by atoms with Gasteiger partial charge in [-0.1, -0.05) is 36.1 Å². The normalized spacial score (nSPS) is 12.3. The van der Waals surface area contributed by atoms with Crippen LogP contribution in [0.15, 0.2) is 117 Å². The number of nitriles is 1. The number of pyridine rings is 1. The Morgan fingerprint density at radius 1 is 0.865 bits per heavy atom. The fourth-order valence-corrected chi connectivity index (χ4v) is 5.87. The van der Waals surface area contributed by atoms with E-state index in [-0.39, 0.29) is 13.2 Å². The lowest BCUT2D eigenvalue weighted by atomic mass is 9.84. The predicted molar refractivity (Wildman–Crippen MR) is 182 cm³/mol. The van der Waals surface area contributed by atoms with E-state index in [0.29, 0.717) is 35.1 Å². The lowest BCUT2D eigenvalue weighted by Crippen LogP contribution is -2.49. The smallest absolute Gasteiger partial charge is 0.334 e. The second-order valence-electron chi connectivity index (χ2n) is 10.8. The van der Waals surface area contributed by atoms with E-state index in [0.717, 1.165) is 41.0 Å². The van der Waals surface area contributed by atoms with E-state index >= 15 is 13.2 Å². The Bertz CT molecular complexity index is 2060. The van der Waals surface area contributed by atoms with Crippen LogP contribution in [-0.2, 0) is 38.2 Å². The molecule has 0 aliphatic rings. The molecule has 10 nitrogen and oxygen atoms in total. The van der Waals surface area contributed by atoms with Crippen LogP contribution >= 0.6 is 8.60 Å². The molecule has 0 amide bonds. The summed E-state index contributed by atoms with van der Waals surface area (Å²) in [4.78, 5) is 4.01. The summed E-state index contributed by atoms with van der Waals surface area (Å²) in [5.74, 6) is -0.0555. The van der Waals surface area contributed by atoms with E-state index in [1.807, 2.05) is 12.1 Å². The zero-order chi connectivity index (χ0) is 37.0. The zero-order valence-corrected chi connectivity index (χ0v) is 28.2. The lowest BCUT2D eigenvalue weighted by Gasteiger charge is -2.41. The Morgan fingerprint density at radius 2 is 1.54 bits per heavy atom. The minimum atomic E-state index is -4.16. The molecule has 2 heterocycles. The van der Waals surface area contributed by atoms with Crippen molar-refractivity contribution in [2.75, 3.05) is 13.2 Å². The first-order valence-corrected chi connectivity index (χ1v) is 16.5. The maximum atomic E-state index is 17.1. The zero-order valence-electron chi connectivity index (χ0n) is 27.3. The van der Waals surface area contributed by atoms with Crippen molar-refractivity contribution in [1.82, 2.24) is 25.2 Å². The van der Waals surface area contributed by atoms with Gasteiger partial charge in [0.25, 0.3) is 0 Å². The second kappa shape index (κ2) is 17.4. The van der Waals surface area contributed by atoms with Crippen molar-refractivity contribution < 1.29 is 35.9 Å². The van der Waals surface area contributed by atoms with Gasteiger partial charge in [0.05, 0.1) is 31.4 Å². The van der Waals surface area contributed by atoms with Crippen LogP contribution in [0.4, 0.5) is 17.6 Å². The maximum absolute atomic E-state index is 17.1. The van der Waals surface area contributed by atoms with E-state index < -0.39 is 49.6 Å². The maximum Gasteiger partial charge on any atom is 0.334 e. The molecule has 0 bridgehead atoms. The number of halogens is 4. The van der Waals surface area contributed by atoms with Gasteiger partial charge in [-0.2, -0.15) is 14.0 Å². The third-order valence-corrected chi connectivity index (χ3v) is 8.44. The van der Waals surface area contributed by atoms with Crippen LogP contribution in [-0.4, -0.2) is 38.4 Å². The lowest BCUT2D eigenvalue weighted by molar-refractivity contribution is -0.197. The number of hydrogen-bond acceptors (Lipinski definition) is 9. The van der Waals surface area contributed by atoms with Crippen molar-refractivity contribution in [1.29, 1.82) is 5.26 Å². The average molecular weight is 729 g/mol. The highest BCUT2D eigenvalue weighted by atomic mass is 31.2. The average Bonchev–Trinajstić information content (AvgIpc) is 3.67. The number of nitrogens with zero attached hydrogens (tertiary/aromatic N) is 6. The van der Waals surface area contributed by atoms with Gasteiger partial charge in [0.15, 0.2) is 5.60 Å². The summed E-state index contributed by atoms with van der Waals surface area (Å²) < 4.78 is 87.7. The first-order chi connectivity index (χ1) is 25.2. The highest BCUT2D eigenvalue weighted by Gasteiger charge is 2.62. The number of hydrogen-bond donors (Lipinski definition) is 0. The van der Waals surface area contributed by atoms with Gasteiger partial charge in [-0.15, -0.1) is 18.3 Å². The minimum absolute atomic E-state index is 0.165. The summed E-state index contributed by atoms with van der Waals surface area (Å²) in [7, 11) is -2.63. The molecule has 264 valence electrons. The second-order valence-corrected chi connectivity index (χ2v) is 12.0. The van der Waals surface area contributed by atoms with Crippen LogP contribution in [0.25, 0.3) is 0 Å². The van der Waals surface area contributed by atoms with Crippen LogP contribution in [0.3, 0.4) is 0 Å². The van der Waals surface area contributed by atoms with Gasteiger partial charge in [-0.25, -0.2) is 13.5 Å². The molecule has 0 aliphatic carbocycles. The quantitative estimate of drug-likeness (QED) is 0.0440. The molecule has 0 N–H and O–H groups in total. The summed E-state index contributed by atoms with van der Waals surface area (Å²) >= 11 is 0. The van der Waals surface area contributed by atoms with Crippen LogP contribution < -0.4 is 4.74 Å². The van der Waals surface area contributed by atoms with Crippen molar-refractivity contribution in [3.63, 3.8) is 0 Å². The molecule has 1 atom stereocenters. The van der Waals surface area contributed by atoms with Crippen LogP contribution in [0.2, 0.25) is 0 Å². The number of alkyl halides is 2. The molecular formula is C37H29F4N6O4P. The van der Waals surface area contributed by atoms with Crippen molar-refractivity contribution in [3.8, 4) is 23.7 Å². The Kier molecular flexibility index (Phi) is 12.6. The van der Waals surface area contributed by atoms with Gasteiger partial charge >= 0.3 is 14.5 Å². The van der Waals surface area contributed by atoms with E-state index in [9.17, 15) is 4.39 Å². The molecule has 0 fully saturated rings. The molecule has 5 rings (SSSR count).